The molecule has 3 heteroatoms. The highest BCUT2D eigenvalue weighted by Crippen LogP contribution is 2.27. The highest BCUT2D eigenvalue weighted by atomic mass is 35.5. The van der Waals surface area contributed by atoms with Gasteiger partial charge in [-0.05, 0) is 17.7 Å². The van der Waals surface area contributed by atoms with Crippen LogP contribution in [-0.4, -0.2) is 24.4 Å². The summed E-state index contributed by atoms with van der Waals surface area (Å²) in [5.74, 6) is 0.565. The molecule has 1 aromatic carbocycles. The molecule has 0 bridgehead atoms. The van der Waals surface area contributed by atoms with Gasteiger partial charge in [-0.2, -0.15) is 0 Å². The molecule has 74 valence electrons. The Balaban J connectivity index is 2.17. The zero-order valence-electron chi connectivity index (χ0n) is 8.03. The summed E-state index contributed by atoms with van der Waals surface area (Å²) < 4.78 is 0. The quantitative estimate of drug-likeness (QED) is 0.695. The maximum atomic E-state index is 11.3. The lowest BCUT2D eigenvalue weighted by Crippen LogP contribution is -2.18. The van der Waals surface area contributed by atoms with Crippen LogP contribution in [0.3, 0.4) is 0 Å². The summed E-state index contributed by atoms with van der Waals surface area (Å²) in [6.45, 7) is 0.820. The highest BCUT2D eigenvalue weighted by Gasteiger charge is 2.27. The zero-order valence-corrected chi connectivity index (χ0v) is 8.79. The average Bonchev–Trinajstić information content (AvgIpc) is 2.48. The first-order valence-corrected chi connectivity index (χ1v) is 5.04. The van der Waals surface area contributed by atoms with Crippen LogP contribution in [0.2, 0.25) is 5.02 Å². The fourth-order valence-corrected chi connectivity index (χ4v) is 1.95. The summed E-state index contributed by atoms with van der Waals surface area (Å²) in [5.41, 5.74) is 1.20. The second kappa shape index (κ2) is 3.62. The van der Waals surface area contributed by atoms with Crippen LogP contribution in [0.1, 0.15) is 17.9 Å². The van der Waals surface area contributed by atoms with Crippen molar-refractivity contribution in [2.24, 2.45) is 0 Å². The van der Waals surface area contributed by atoms with Gasteiger partial charge in [0.05, 0.1) is 0 Å². The van der Waals surface area contributed by atoms with Crippen molar-refractivity contribution in [3.05, 3.63) is 34.9 Å². The molecule has 0 N–H and O–H groups in total. The molecule has 0 aromatic heterocycles. The summed E-state index contributed by atoms with van der Waals surface area (Å²) in [5, 5.41) is 0.742. The number of benzene rings is 1. The van der Waals surface area contributed by atoms with E-state index in [9.17, 15) is 4.79 Å². The van der Waals surface area contributed by atoms with Crippen LogP contribution >= 0.6 is 11.6 Å². The Morgan fingerprint density at radius 2 is 2.00 bits per heavy atom. The third-order valence-electron chi connectivity index (χ3n) is 2.68. The Bertz CT molecular complexity index is 347. The van der Waals surface area contributed by atoms with Crippen LogP contribution in [0.15, 0.2) is 24.3 Å². The highest BCUT2D eigenvalue weighted by molar-refractivity contribution is 6.30. The molecule has 14 heavy (non-hydrogen) atoms. The monoisotopic (exact) mass is 209 g/mol. The molecule has 0 radical (unpaired) electrons. The Hall–Kier alpha value is -1.02. The average molecular weight is 210 g/mol. The van der Waals surface area contributed by atoms with Gasteiger partial charge in [0.25, 0.3) is 0 Å². The van der Waals surface area contributed by atoms with Crippen molar-refractivity contribution in [1.82, 2.24) is 4.90 Å². The molecule has 0 aliphatic carbocycles. The molecule has 1 aromatic rings. The molecule has 2 rings (SSSR count). The minimum Gasteiger partial charge on any atom is -0.345 e. The van der Waals surface area contributed by atoms with E-state index in [0.29, 0.717) is 12.3 Å². The lowest BCUT2D eigenvalue weighted by atomic mass is 9.98. The van der Waals surface area contributed by atoms with Gasteiger partial charge in [-0.3, -0.25) is 4.79 Å². The fourth-order valence-electron chi connectivity index (χ4n) is 1.82. The third kappa shape index (κ3) is 1.75. The maximum absolute atomic E-state index is 11.3. The van der Waals surface area contributed by atoms with Gasteiger partial charge in [0.2, 0.25) is 5.91 Å². The minimum absolute atomic E-state index is 0.227. The SMILES string of the molecule is CN1C[C@@H](c2ccc(Cl)cc2)CC1=O. The second-order valence-electron chi connectivity index (χ2n) is 3.73. The van der Waals surface area contributed by atoms with E-state index in [1.165, 1.54) is 5.56 Å². The van der Waals surface area contributed by atoms with E-state index in [4.69, 9.17) is 11.6 Å². The van der Waals surface area contributed by atoms with E-state index in [-0.39, 0.29) is 5.91 Å². The molecule has 2 nitrogen and oxygen atoms in total. The summed E-state index contributed by atoms with van der Waals surface area (Å²) in [6.07, 6.45) is 0.623. The van der Waals surface area contributed by atoms with Crippen molar-refractivity contribution >= 4 is 17.5 Å². The van der Waals surface area contributed by atoms with Crippen LogP contribution in [0, 0.1) is 0 Å². The Morgan fingerprint density at radius 1 is 1.36 bits per heavy atom. The van der Waals surface area contributed by atoms with Crippen molar-refractivity contribution in [2.75, 3.05) is 13.6 Å². The lowest BCUT2D eigenvalue weighted by Gasteiger charge is -2.10. The minimum atomic E-state index is 0.227. The number of carbonyl (C=O) groups excluding carboxylic acids is 1. The molecule has 1 aliphatic rings. The van der Waals surface area contributed by atoms with Crippen molar-refractivity contribution in [2.45, 2.75) is 12.3 Å². The lowest BCUT2D eigenvalue weighted by molar-refractivity contribution is -0.126. The summed E-state index contributed by atoms with van der Waals surface area (Å²) in [4.78, 5) is 13.1. The van der Waals surface area contributed by atoms with E-state index in [1.807, 2.05) is 31.3 Å². The second-order valence-corrected chi connectivity index (χ2v) is 4.16. The van der Waals surface area contributed by atoms with Crippen LogP contribution < -0.4 is 0 Å². The van der Waals surface area contributed by atoms with E-state index in [1.54, 1.807) is 4.90 Å². The van der Waals surface area contributed by atoms with Crippen molar-refractivity contribution in [1.29, 1.82) is 0 Å². The van der Waals surface area contributed by atoms with Crippen LogP contribution in [0.5, 0.6) is 0 Å². The fraction of sp³-hybridized carbons (Fsp3) is 0.364. The van der Waals surface area contributed by atoms with Crippen molar-refractivity contribution in [3.8, 4) is 0 Å². The van der Waals surface area contributed by atoms with E-state index in [2.05, 4.69) is 0 Å². The standard InChI is InChI=1S/C11H12ClNO/c1-13-7-9(6-11(13)14)8-2-4-10(12)5-3-8/h2-5,9H,6-7H2,1H3/t9-/m0/s1. The zero-order chi connectivity index (χ0) is 10.1. The van der Waals surface area contributed by atoms with Gasteiger partial charge < -0.3 is 4.90 Å². The molecule has 1 saturated heterocycles. The number of carbonyl (C=O) groups is 1. The molecular formula is C11H12ClNO. The van der Waals surface area contributed by atoms with Crippen LogP contribution in [0.25, 0.3) is 0 Å². The van der Waals surface area contributed by atoms with Gasteiger partial charge in [-0.25, -0.2) is 0 Å². The van der Waals surface area contributed by atoms with Gasteiger partial charge in [0, 0.05) is 31.0 Å². The third-order valence-corrected chi connectivity index (χ3v) is 2.93. The number of hydrogen-bond donors (Lipinski definition) is 0. The largest absolute Gasteiger partial charge is 0.345 e. The number of nitrogens with zero attached hydrogens (tertiary/aromatic N) is 1. The van der Waals surface area contributed by atoms with E-state index >= 15 is 0 Å². The van der Waals surface area contributed by atoms with Crippen LogP contribution in [-0.2, 0) is 4.79 Å². The number of likely N-dealkylation sites (tertiary alicyclic amines) is 1. The Morgan fingerprint density at radius 3 is 2.50 bits per heavy atom. The maximum Gasteiger partial charge on any atom is 0.223 e. The molecule has 0 spiro atoms. The van der Waals surface area contributed by atoms with Crippen molar-refractivity contribution in [3.63, 3.8) is 0 Å². The first-order chi connectivity index (χ1) is 6.66. The molecule has 1 atom stereocenters. The number of halogens is 1. The molecule has 0 unspecified atom stereocenters. The van der Waals surface area contributed by atoms with Gasteiger partial charge in [-0.1, -0.05) is 23.7 Å². The first-order valence-electron chi connectivity index (χ1n) is 4.66. The summed E-state index contributed by atoms with van der Waals surface area (Å²) in [7, 11) is 1.85. The molecule has 1 amide bonds. The predicted molar refractivity (Wildman–Crippen MR) is 56.4 cm³/mol. The predicted octanol–water partition coefficient (Wildman–Crippen LogP) is 2.29. The van der Waals surface area contributed by atoms with Gasteiger partial charge in [-0.15, -0.1) is 0 Å². The summed E-state index contributed by atoms with van der Waals surface area (Å²) >= 11 is 5.80. The summed E-state index contributed by atoms with van der Waals surface area (Å²) in [6, 6.07) is 7.75. The number of amides is 1. The molecule has 0 saturated carbocycles. The first kappa shape index (κ1) is 9.53. The van der Waals surface area contributed by atoms with Crippen molar-refractivity contribution < 1.29 is 4.79 Å². The number of rotatable bonds is 1. The van der Waals surface area contributed by atoms with E-state index < -0.39 is 0 Å². The number of likely N-dealkylation sites (N-methyl/N-ethyl adjacent to an activating group) is 1. The topological polar surface area (TPSA) is 20.3 Å². The molecule has 1 fully saturated rings. The van der Waals surface area contributed by atoms with E-state index in [0.717, 1.165) is 11.6 Å². The number of hydrogen-bond acceptors (Lipinski definition) is 1. The Kier molecular flexibility index (Phi) is 2.46. The Labute approximate surface area is 88.5 Å². The molecule has 1 heterocycles. The van der Waals surface area contributed by atoms with Gasteiger partial charge >= 0.3 is 0 Å². The molecule has 1 aliphatic heterocycles. The normalized spacial score (nSPS) is 21.7. The molecular weight excluding hydrogens is 198 g/mol. The van der Waals surface area contributed by atoms with Gasteiger partial charge in [0.1, 0.15) is 0 Å². The smallest absolute Gasteiger partial charge is 0.223 e. The van der Waals surface area contributed by atoms with Crippen LogP contribution in [0.4, 0.5) is 0 Å². The van der Waals surface area contributed by atoms with Gasteiger partial charge in [0.15, 0.2) is 0 Å².